The molecule has 0 radical (unpaired) electrons. The Balaban J connectivity index is 0.000000686. The van der Waals surface area contributed by atoms with Crippen LogP contribution in [-0.2, 0) is 4.79 Å². The van der Waals surface area contributed by atoms with Crippen molar-refractivity contribution in [1.82, 2.24) is 15.3 Å². The highest BCUT2D eigenvalue weighted by Crippen LogP contribution is 2.12. The molecule has 17 heavy (non-hydrogen) atoms. The maximum absolute atomic E-state index is 11.4. The van der Waals surface area contributed by atoms with Crippen LogP contribution in [0.2, 0.25) is 0 Å². The number of amides is 3. The monoisotopic (exact) mass is 236 g/mol. The molecule has 2 rings (SSSR count). The van der Waals surface area contributed by atoms with Crippen molar-refractivity contribution < 1.29 is 9.59 Å². The molecule has 1 N–H and O–H groups in total. The SMILES string of the molecule is CC.Cc1cncc(N2CCC(=O)NC2=O)n1. The zero-order valence-electron chi connectivity index (χ0n) is 10.2. The molecule has 1 aliphatic rings. The van der Waals surface area contributed by atoms with Crippen molar-refractivity contribution in [2.75, 3.05) is 11.4 Å². The number of imide groups is 1. The third-order valence-corrected chi connectivity index (χ3v) is 2.07. The van der Waals surface area contributed by atoms with E-state index in [2.05, 4.69) is 15.3 Å². The minimum atomic E-state index is -0.439. The van der Waals surface area contributed by atoms with Crippen LogP contribution in [0.1, 0.15) is 26.0 Å². The van der Waals surface area contributed by atoms with Crippen LogP contribution in [-0.4, -0.2) is 28.5 Å². The van der Waals surface area contributed by atoms with E-state index in [0.29, 0.717) is 18.8 Å². The predicted molar refractivity (Wildman–Crippen MR) is 63.6 cm³/mol. The Kier molecular flexibility index (Phi) is 4.56. The van der Waals surface area contributed by atoms with E-state index in [4.69, 9.17) is 0 Å². The van der Waals surface area contributed by atoms with Crippen molar-refractivity contribution in [2.24, 2.45) is 0 Å². The van der Waals surface area contributed by atoms with Crippen molar-refractivity contribution >= 4 is 17.8 Å². The van der Waals surface area contributed by atoms with Gasteiger partial charge in [-0.1, -0.05) is 13.8 Å². The van der Waals surface area contributed by atoms with Gasteiger partial charge >= 0.3 is 6.03 Å². The van der Waals surface area contributed by atoms with Crippen LogP contribution in [0.25, 0.3) is 0 Å². The Labute approximate surface area is 100 Å². The van der Waals surface area contributed by atoms with Gasteiger partial charge in [-0.15, -0.1) is 0 Å². The summed E-state index contributed by atoms with van der Waals surface area (Å²) < 4.78 is 0. The lowest BCUT2D eigenvalue weighted by molar-refractivity contribution is -0.120. The molecular formula is C11H16N4O2. The number of hydrogen-bond acceptors (Lipinski definition) is 4. The fourth-order valence-corrected chi connectivity index (χ4v) is 1.36. The smallest absolute Gasteiger partial charge is 0.278 e. The van der Waals surface area contributed by atoms with Gasteiger partial charge in [0.15, 0.2) is 5.82 Å². The van der Waals surface area contributed by atoms with E-state index in [-0.39, 0.29) is 5.91 Å². The molecule has 1 saturated heterocycles. The minimum Gasteiger partial charge on any atom is -0.278 e. The first-order valence-corrected chi connectivity index (χ1v) is 5.57. The summed E-state index contributed by atoms with van der Waals surface area (Å²) in [6.45, 7) is 6.15. The predicted octanol–water partition coefficient (Wildman–Crippen LogP) is 1.26. The molecule has 1 aromatic rings. The molecule has 0 unspecified atom stereocenters. The standard InChI is InChI=1S/C9H10N4O2.C2H6/c1-6-4-10-5-7(11-6)13-3-2-8(14)12-9(13)15;1-2/h4-5H,2-3H2,1H3,(H,12,14,15);1-2H3. The maximum atomic E-state index is 11.4. The number of carbonyl (C=O) groups is 2. The van der Waals surface area contributed by atoms with Gasteiger partial charge in [-0.05, 0) is 6.92 Å². The second-order valence-corrected chi connectivity index (χ2v) is 3.27. The van der Waals surface area contributed by atoms with Crippen molar-refractivity contribution in [3.05, 3.63) is 18.1 Å². The molecule has 0 saturated carbocycles. The molecule has 6 nitrogen and oxygen atoms in total. The number of nitrogens with zero attached hydrogens (tertiary/aromatic N) is 3. The van der Waals surface area contributed by atoms with Gasteiger partial charge in [-0.2, -0.15) is 0 Å². The zero-order chi connectivity index (χ0) is 12.8. The van der Waals surface area contributed by atoms with Crippen LogP contribution in [0.4, 0.5) is 10.6 Å². The van der Waals surface area contributed by atoms with E-state index in [1.165, 1.54) is 11.1 Å². The Bertz CT molecular complexity index is 420. The molecule has 0 atom stereocenters. The van der Waals surface area contributed by atoms with Crippen molar-refractivity contribution in [2.45, 2.75) is 27.2 Å². The molecule has 0 bridgehead atoms. The lowest BCUT2D eigenvalue weighted by Gasteiger charge is -2.25. The molecule has 3 amide bonds. The molecule has 0 aliphatic carbocycles. The van der Waals surface area contributed by atoms with Gasteiger partial charge < -0.3 is 0 Å². The highest BCUT2D eigenvalue weighted by atomic mass is 16.2. The van der Waals surface area contributed by atoms with Gasteiger partial charge in [0.1, 0.15) is 0 Å². The fourth-order valence-electron chi connectivity index (χ4n) is 1.36. The molecule has 2 heterocycles. The van der Waals surface area contributed by atoms with Gasteiger partial charge in [0, 0.05) is 19.2 Å². The average Bonchev–Trinajstić information content (AvgIpc) is 2.31. The molecule has 1 fully saturated rings. The highest BCUT2D eigenvalue weighted by molar-refractivity contribution is 6.05. The van der Waals surface area contributed by atoms with Gasteiger partial charge in [-0.25, -0.2) is 9.78 Å². The van der Waals surface area contributed by atoms with Crippen LogP contribution in [0, 0.1) is 6.92 Å². The van der Waals surface area contributed by atoms with Crippen LogP contribution < -0.4 is 10.2 Å². The van der Waals surface area contributed by atoms with Crippen LogP contribution in [0.5, 0.6) is 0 Å². The second kappa shape index (κ2) is 5.93. The number of carbonyl (C=O) groups excluding carboxylic acids is 2. The van der Waals surface area contributed by atoms with Gasteiger partial charge in [0.25, 0.3) is 0 Å². The summed E-state index contributed by atoms with van der Waals surface area (Å²) in [5, 5.41) is 2.23. The molecule has 6 heteroatoms. The number of nitrogens with one attached hydrogen (secondary N) is 1. The molecule has 1 aliphatic heterocycles. The summed E-state index contributed by atoms with van der Waals surface area (Å²) in [4.78, 5) is 31.9. The summed E-state index contributed by atoms with van der Waals surface area (Å²) in [5.41, 5.74) is 0.734. The topological polar surface area (TPSA) is 75.2 Å². The third kappa shape index (κ3) is 3.24. The molecule has 0 spiro atoms. The lowest BCUT2D eigenvalue weighted by Crippen LogP contribution is -2.50. The quantitative estimate of drug-likeness (QED) is 0.796. The first-order valence-electron chi connectivity index (χ1n) is 5.57. The summed E-state index contributed by atoms with van der Waals surface area (Å²) in [5.74, 6) is 0.219. The molecular weight excluding hydrogens is 220 g/mol. The third-order valence-electron chi connectivity index (χ3n) is 2.07. The Morgan fingerprint density at radius 1 is 1.29 bits per heavy atom. The summed E-state index contributed by atoms with van der Waals surface area (Å²) in [7, 11) is 0. The number of aryl methyl sites for hydroxylation is 1. The first-order chi connectivity index (χ1) is 8.16. The number of anilines is 1. The van der Waals surface area contributed by atoms with E-state index in [1.807, 2.05) is 13.8 Å². The largest absolute Gasteiger partial charge is 0.329 e. The number of aromatic nitrogens is 2. The van der Waals surface area contributed by atoms with Crippen molar-refractivity contribution in [1.29, 1.82) is 0 Å². The summed E-state index contributed by atoms with van der Waals surface area (Å²) >= 11 is 0. The molecule has 1 aromatic heterocycles. The Morgan fingerprint density at radius 2 is 2.00 bits per heavy atom. The molecule has 92 valence electrons. The van der Waals surface area contributed by atoms with E-state index >= 15 is 0 Å². The summed E-state index contributed by atoms with van der Waals surface area (Å²) in [6, 6.07) is -0.439. The number of rotatable bonds is 1. The van der Waals surface area contributed by atoms with E-state index < -0.39 is 6.03 Å². The number of urea groups is 1. The average molecular weight is 236 g/mol. The zero-order valence-corrected chi connectivity index (χ0v) is 10.2. The summed E-state index contributed by atoms with van der Waals surface area (Å²) in [6.07, 6.45) is 3.40. The first kappa shape index (κ1) is 13.1. The fraction of sp³-hybridized carbons (Fsp3) is 0.455. The van der Waals surface area contributed by atoms with E-state index in [0.717, 1.165) is 5.69 Å². The highest BCUT2D eigenvalue weighted by Gasteiger charge is 2.25. The normalized spacial score (nSPS) is 14.9. The number of hydrogen-bond donors (Lipinski definition) is 1. The van der Waals surface area contributed by atoms with Gasteiger partial charge in [-0.3, -0.25) is 20.0 Å². The lowest BCUT2D eigenvalue weighted by atomic mass is 10.3. The van der Waals surface area contributed by atoms with E-state index in [1.54, 1.807) is 13.1 Å². The van der Waals surface area contributed by atoms with E-state index in [9.17, 15) is 9.59 Å². The van der Waals surface area contributed by atoms with Crippen LogP contribution in [0.15, 0.2) is 12.4 Å². The van der Waals surface area contributed by atoms with Crippen LogP contribution >= 0.6 is 0 Å². The van der Waals surface area contributed by atoms with Crippen molar-refractivity contribution in [3.63, 3.8) is 0 Å². The minimum absolute atomic E-state index is 0.253. The Hall–Kier alpha value is -1.98. The second-order valence-electron chi connectivity index (χ2n) is 3.27. The van der Waals surface area contributed by atoms with Crippen molar-refractivity contribution in [3.8, 4) is 0 Å². The molecule has 0 aromatic carbocycles. The van der Waals surface area contributed by atoms with Gasteiger partial charge in [0.2, 0.25) is 5.91 Å². The Morgan fingerprint density at radius 3 is 2.59 bits per heavy atom. The van der Waals surface area contributed by atoms with Gasteiger partial charge in [0.05, 0.1) is 11.9 Å². The van der Waals surface area contributed by atoms with Crippen LogP contribution in [0.3, 0.4) is 0 Å². The maximum Gasteiger partial charge on any atom is 0.329 e.